The molecule has 7 nitrogen and oxygen atoms in total. The Bertz CT molecular complexity index is 758. The molecule has 0 aliphatic heterocycles. The zero-order chi connectivity index (χ0) is 13.4. The molecule has 3 aromatic heterocycles. The molecule has 0 fully saturated rings. The summed E-state index contributed by atoms with van der Waals surface area (Å²) in [7, 11) is 1.29. The number of ether oxygens (including phenoxy) is 1. The number of fused-ring (bicyclic) bond motifs is 1. The number of rotatable bonds is 2. The fourth-order valence-electron chi connectivity index (χ4n) is 1.88. The summed E-state index contributed by atoms with van der Waals surface area (Å²) in [6.45, 7) is 0. The van der Waals surface area contributed by atoms with Crippen LogP contribution in [-0.2, 0) is 4.74 Å². The predicted octanol–water partition coefficient (Wildman–Crippen LogP) is 0.889. The number of pyridine rings is 1. The molecule has 19 heavy (non-hydrogen) atoms. The standard InChI is InChI=1S/C12H11N5O2/c1-19-12(18)11-8(13)7-17(15-11)10-4-2-3-9-14-5-6-16(9)10/h2-7H,13H2,1H3. The van der Waals surface area contributed by atoms with Gasteiger partial charge in [0.1, 0.15) is 11.5 Å². The second kappa shape index (κ2) is 4.13. The number of hydrogen-bond donors (Lipinski definition) is 1. The molecule has 0 aromatic carbocycles. The lowest BCUT2D eigenvalue weighted by Gasteiger charge is -2.04. The SMILES string of the molecule is COC(=O)c1nn(-c2cccc3nccn23)cc1N. The molecule has 3 heterocycles. The van der Waals surface area contributed by atoms with Gasteiger partial charge in [-0.15, -0.1) is 0 Å². The molecule has 3 rings (SSSR count). The van der Waals surface area contributed by atoms with Gasteiger partial charge in [-0.2, -0.15) is 5.10 Å². The van der Waals surface area contributed by atoms with E-state index in [1.165, 1.54) is 11.8 Å². The monoisotopic (exact) mass is 257 g/mol. The first kappa shape index (κ1) is 11.3. The maximum atomic E-state index is 11.5. The second-order valence-electron chi connectivity index (χ2n) is 3.91. The second-order valence-corrected chi connectivity index (χ2v) is 3.91. The number of anilines is 1. The molecule has 0 atom stereocenters. The Hall–Kier alpha value is -2.83. The molecular weight excluding hydrogens is 246 g/mol. The van der Waals surface area contributed by atoms with E-state index in [1.807, 2.05) is 22.6 Å². The maximum Gasteiger partial charge on any atom is 0.360 e. The van der Waals surface area contributed by atoms with E-state index in [1.54, 1.807) is 18.6 Å². The van der Waals surface area contributed by atoms with Gasteiger partial charge in [0.25, 0.3) is 0 Å². The summed E-state index contributed by atoms with van der Waals surface area (Å²) >= 11 is 0. The van der Waals surface area contributed by atoms with Crippen LogP contribution in [0.3, 0.4) is 0 Å². The van der Waals surface area contributed by atoms with Crippen LogP contribution in [-0.4, -0.2) is 32.2 Å². The summed E-state index contributed by atoms with van der Waals surface area (Å²) in [4.78, 5) is 15.7. The molecule has 0 saturated heterocycles. The van der Waals surface area contributed by atoms with Crippen molar-refractivity contribution in [3.05, 3.63) is 42.5 Å². The Kier molecular flexibility index (Phi) is 2.45. The highest BCUT2D eigenvalue weighted by atomic mass is 16.5. The van der Waals surface area contributed by atoms with Crippen LogP contribution in [0.2, 0.25) is 0 Å². The van der Waals surface area contributed by atoms with Crippen molar-refractivity contribution in [3.63, 3.8) is 0 Å². The number of nitrogen functional groups attached to an aromatic ring is 1. The van der Waals surface area contributed by atoms with E-state index in [0.29, 0.717) is 0 Å². The van der Waals surface area contributed by atoms with Gasteiger partial charge in [0.05, 0.1) is 19.0 Å². The molecule has 0 radical (unpaired) electrons. The van der Waals surface area contributed by atoms with E-state index >= 15 is 0 Å². The van der Waals surface area contributed by atoms with E-state index in [9.17, 15) is 4.79 Å². The molecule has 7 heteroatoms. The topological polar surface area (TPSA) is 87.4 Å². The van der Waals surface area contributed by atoms with E-state index in [0.717, 1.165) is 11.5 Å². The van der Waals surface area contributed by atoms with Gasteiger partial charge in [0.2, 0.25) is 0 Å². The summed E-state index contributed by atoms with van der Waals surface area (Å²) in [6.07, 6.45) is 5.06. The van der Waals surface area contributed by atoms with Crippen molar-refractivity contribution in [2.24, 2.45) is 0 Å². The van der Waals surface area contributed by atoms with Crippen LogP contribution in [0.25, 0.3) is 11.5 Å². The van der Waals surface area contributed by atoms with E-state index in [2.05, 4.69) is 14.8 Å². The number of methoxy groups -OCH3 is 1. The molecule has 0 amide bonds. The molecule has 96 valence electrons. The van der Waals surface area contributed by atoms with Crippen molar-refractivity contribution in [2.75, 3.05) is 12.8 Å². The number of nitrogens with two attached hydrogens (primary N) is 1. The van der Waals surface area contributed by atoms with Gasteiger partial charge < -0.3 is 10.5 Å². The van der Waals surface area contributed by atoms with Gasteiger partial charge in [-0.25, -0.2) is 14.5 Å². The summed E-state index contributed by atoms with van der Waals surface area (Å²) in [5.41, 5.74) is 6.91. The van der Waals surface area contributed by atoms with Gasteiger partial charge in [-0.1, -0.05) is 6.07 Å². The third kappa shape index (κ3) is 1.71. The average Bonchev–Trinajstić information content (AvgIpc) is 3.03. The quantitative estimate of drug-likeness (QED) is 0.689. The molecule has 0 unspecified atom stereocenters. The first-order valence-electron chi connectivity index (χ1n) is 5.56. The lowest BCUT2D eigenvalue weighted by molar-refractivity contribution is 0.0594. The van der Waals surface area contributed by atoms with Crippen molar-refractivity contribution in [1.29, 1.82) is 0 Å². The number of imidazole rings is 1. The minimum atomic E-state index is -0.561. The highest BCUT2D eigenvalue weighted by Gasteiger charge is 2.16. The lowest BCUT2D eigenvalue weighted by atomic mass is 10.4. The molecule has 0 bridgehead atoms. The van der Waals surface area contributed by atoms with Crippen molar-refractivity contribution in [2.45, 2.75) is 0 Å². The zero-order valence-electron chi connectivity index (χ0n) is 10.1. The van der Waals surface area contributed by atoms with E-state index in [-0.39, 0.29) is 11.4 Å². The first-order chi connectivity index (χ1) is 9.20. The zero-order valence-corrected chi connectivity index (χ0v) is 10.1. The fourth-order valence-corrected chi connectivity index (χ4v) is 1.88. The van der Waals surface area contributed by atoms with Crippen LogP contribution >= 0.6 is 0 Å². The normalized spacial score (nSPS) is 10.8. The molecule has 3 aromatic rings. The Morgan fingerprint density at radius 1 is 1.42 bits per heavy atom. The first-order valence-corrected chi connectivity index (χ1v) is 5.56. The molecule has 0 saturated carbocycles. The molecular formula is C12H11N5O2. The smallest absolute Gasteiger partial charge is 0.360 e. The third-order valence-electron chi connectivity index (χ3n) is 2.76. The van der Waals surface area contributed by atoms with Gasteiger partial charge >= 0.3 is 5.97 Å². The largest absolute Gasteiger partial charge is 0.464 e. The average molecular weight is 257 g/mol. The van der Waals surface area contributed by atoms with E-state index < -0.39 is 5.97 Å². The predicted molar refractivity (Wildman–Crippen MR) is 68.1 cm³/mol. The van der Waals surface area contributed by atoms with Gasteiger partial charge in [0, 0.05) is 12.4 Å². The summed E-state index contributed by atoms with van der Waals surface area (Å²) in [5, 5.41) is 4.15. The summed E-state index contributed by atoms with van der Waals surface area (Å²) in [5.74, 6) is 0.172. The Balaban J connectivity index is 2.17. The van der Waals surface area contributed by atoms with Gasteiger partial charge in [0.15, 0.2) is 5.69 Å². The van der Waals surface area contributed by atoms with Crippen LogP contribution in [0.4, 0.5) is 5.69 Å². The number of aromatic nitrogens is 4. The Morgan fingerprint density at radius 3 is 3.05 bits per heavy atom. The number of nitrogens with zero attached hydrogens (tertiary/aromatic N) is 4. The van der Waals surface area contributed by atoms with Crippen LogP contribution in [0, 0.1) is 0 Å². The maximum absolute atomic E-state index is 11.5. The minimum Gasteiger partial charge on any atom is -0.464 e. The number of carbonyl (C=O) groups is 1. The highest BCUT2D eigenvalue weighted by Crippen LogP contribution is 2.16. The van der Waals surface area contributed by atoms with Crippen molar-refractivity contribution < 1.29 is 9.53 Å². The van der Waals surface area contributed by atoms with Crippen molar-refractivity contribution >= 4 is 17.3 Å². The highest BCUT2D eigenvalue weighted by molar-refractivity contribution is 5.92. The van der Waals surface area contributed by atoms with Gasteiger partial charge in [-0.05, 0) is 12.1 Å². The minimum absolute atomic E-state index is 0.0969. The van der Waals surface area contributed by atoms with Crippen LogP contribution in [0.5, 0.6) is 0 Å². The van der Waals surface area contributed by atoms with Gasteiger partial charge in [-0.3, -0.25) is 4.40 Å². The molecule has 0 aliphatic carbocycles. The third-order valence-corrected chi connectivity index (χ3v) is 2.76. The van der Waals surface area contributed by atoms with E-state index in [4.69, 9.17) is 5.73 Å². The number of carbonyl (C=O) groups excluding carboxylic acids is 1. The Morgan fingerprint density at radius 2 is 2.26 bits per heavy atom. The van der Waals surface area contributed by atoms with Crippen LogP contribution in [0.1, 0.15) is 10.5 Å². The molecule has 2 N–H and O–H groups in total. The lowest BCUT2D eigenvalue weighted by Crippen LogP contribution is -2.07. The van der Waals surface area contributed by atoms with Crippen molar-refractivity contribution in [3.8, 4) is 5.82 Å². The Labute approximate surface area is 108 Å². The van der Waals surface area contributed by atoms with Crippen LogP contribution in [0.15, 0.2) is 36.8 Å². The fraction of sp³-hybridized carbons (Fsp3) is 0.0833. The summed E-state index contributed by atoms with van der Waals surface area (Å²) < 4.78 is 7.99. The van der Waals surface area contributed by atoms with Crippen LogP contribution < -0.4 is 5.73 Å². The molecule has 0 spiro atoms. The number of hydrogen-bond acceptors (Lipinski definition) is 5. The van der Waals surface area contributed by atoms with Crippen molar-refractivity contribution in [1.82, 2.24) is 19.2 Å². The number of esters is 1. The molecule has 0 aliphatic rings. The summed E-state index contributed by atoms with van der Waals surface area (Å²) in [6, 6.07) is 5.58.